The molecule has 29 heavy (non-hydrogen) atoms. The van der Waals surface area contributed by atoms with Crippen LogP contribution in [0.3, 0.4) is 0 Å². The lowest BCUT2D eigenvalue weighted by atomic mass is 9.48. The minimum absolute atomic E-state index is 0.0995. The van der Waals surface area contributed by atoms with Crippen molar-refractivity contribution in [2.24, 2.45) is 17.8 Å². The van der Waals surface area contributed by atoms with E-state index < -0.39 is 5.97 Å². The third-order valence-corrected chi connectivity index (χ3v) is 7.65. The number of hydrogen-bond donors (Lipinski definition) is 2. The summed E-state index contributed by atoms with van der Waals surface area (Å²) in [7, 11) is 0. The molecule has 0 atom stereocenters. The van der Waals surface area contributed by atoms with Gasteiger partial charge in [0.1, 0.15) is 5.75 Å². The molecule has 0 radical (unpaired) electrons. The fraction of sp³-hybridized carbons (Fsp3) is 0.400. The Hall–Kier alpha value is -2.26. The third kappa shape index (κ3) is 3.36. The van der Waals surface area contributed by atoms with E-state index in [0.29, 0.717) is 10.8 Å². The second-order valence-electron chi connectivity index (χ2n) is 9.34. The third-order valence-electron chi connectivity index (χ3n) is 7.34. The average molecular weight is 409 g/mol. The van der Waals surface area contributed by atoms with Crippen molar-refractivity contribution in [1.29, 1.82) is 0 Å². The van der Waals surface area contributed by atoms with Crippen LogP contribution in [0.5, 0.6) is 5.75 Å². The lowest BCUT2D eigenvalue weighted by Gasteiger charge is -2.57. The molecule has 3 nitrogen and oxygen atoms in total. The van der Waals surface area contributed by atoms with E-state index in [1.54, 1.807) is 12.1 Å². The Bertz CT molecular complexity index is 955. The number of hydrogen-bond acceptors (Lipinski definition) is 2. The highest BCUT2D eigenvalue weighted by Crippen LogP contribution is 2.62. The number of aliphatic carboxylic acids is 1. The number of aromatic hydroxyl groups is 1. The normalized spacial score (nSPS) is 30.2. The number of phenolic OH excluding ortho intramolecular Hbond substituents is 1. The van der Waals surface area contributed by atoms with Crippen molar-refractivity contribution in [3.05, 3.63) is 58.6 Å². The summed E-state index contributed by atoms with van der Waals surface area (Å²) in [6, 6.07) is 11.5. The largest absolute Gasteiger partial charge is 0.508 e. The van der Waals surface area contributed by atoms with Crippen LogP contribution in [0.2, 0.25) is 5.02 Å². The van der Waals surface area contributed by atoms with Gasteiger partial charge in [-0.15, -0.1) is 0 Å². The lowest BCUT2D eigenvalue weighted by Crippen LogP contribution is -2.48. The molecule has 2 N–H and O–H groups in total. The molecule has 150 valence electrons. The van der Waals surface area contributed by atoms with Crippen LogP contribution in [-0.4, -0.2) is 16.2 Å². The van der Waals surface area contributed by atoms with E-state index in [1.165, 1.54) is 38.5 Å². The molecule has 6 rings (SSSR count). The molecule has 0 amide bonds. The summed E-state index contributed by atoms with van der Waals surface area (Å²) in [5.41, 5.74) is 3.91. The van der Waals surface area contributed by atoms with Crippen molar-refractivity contribution in [2.75, 3.05) is 0 Å². The van der Waals surface area contributed by atoms with Crippen molar-refractivity contribution in [1.82, 2.24) is 0 Å². The van der Waals surface area contributed by atoms with Crippen molar-refractivity contribution < 1.29 is 15.0 Å². The predicted molar refractivity (Wildman–Crippen MR) is 115 cm³/mol. The molecule has 0 heterocycles. The van der Waals surface area contributed by atoms with Gasteiger partial charge in [-0.2, -0.15) is 0 Å². The zero-order valence-corrected chi connectivity index (χ0v) is 17.0. The molecular weight excluding hydrogens is 384 g/mol. The van der Waals surface area contributed by atoms with Gasteiger partial charge in [-0.25, -0.2) is 4.79 Å². The topological polar surface area (TPSA) is 57.5 Å². The van der Waals surface area contributed by atoms with Gasteiger partial charge in [0, 0.05) is 17.2 Å². The van der Waals surface area contributed by atoms with Gasteiger partial charge in [0.15, 0.2) is 0 Å². The quantitative estimate of drug-likeness (QED) is 0.585. The van der Waals surface area contributed by atoms with Crippen molar-refractivity contribution in [3.8, 4) is 16.9 Å². The number of carboxylic acid groups (broad SMARTS) is 1. The second kappa shape index (κ2) is 6.91. The second-order valence-corrected chi connectivity index (χ2v) is 9.75. The number of carbonyl (C=O) groups is 1. The lowest BCUT2D eigenvalue weighted by molar-refractivity contribution is -0.131. The Morgan fingerprint density at radius 2 is 1.59 bits per heavy atom. The number of rotatable bonds is 4. The molecule has 4 fully saturated rings. The number of benzene rings is 2. The van der Waals surface area contributed by atoms with Gasteiger partial charge in [0.2, 0.25) is 0 Å². The molecule has 2 aromatic carbocycles. The smallest absolute Gasteiger partial charge is 0.328 e. The van der Waals surface area contributed by atoms with Crippen LogP contribution in [0.1, 0.15) is 49.7 Å². The molecule has 0 unspecified atom stereocenters. The fourth-order valence-electron chi connectivity index (χ4n) is 6.59. The van der Waals surface area contributed by atoms with Gasteiger partial charge in [-0.05, 0) is 91.0 Å². The van der Waals surface area contributed by atoms with Crippen molar-refractivity contribution in [3.63, 3.8) is 0 Å². The first kappa shape index (κ1) is 18.7. The van der Waals surface area contributed by atoms with Crippen LogP contribution in [0.4, 0.5) is 0 Å². The van der Waals surface area contributed by atoms with Crippen molar-refractivity contribution in [2.45, 2.75) is 43.9 Å². The summed E-state index contributed by atoms with van der Waals surface area (Å²) in [4.78, 5) is 10.7. The van der Waals surface area contributed by atoms with Gasteiger partial charge in [-0.3, -0.25) is 0 Å². The summed E-state index contributed by atoms with van der Waals surface area (Å²) in [6.45, 7) is 0. The van der Waals surface area contributed by atoms with Gasteiger partial charge in [-0.1, -0.05) is 35.9 Å². The Labute approximate surface area is 176 Å². The molecule has 2 aromatic rings. The molecule has 4 aliphatic carbocycles. The SMILES string of the molecule is O=C(O)C=Cc1ccc(-c2cc(C34CC5CC(CC(C5)C3)C4)c(O)cc2Cl)cc1. The zero-order chi connectivity index (χ0) is 20.2. The van der Waals surface area contributed by atoms with Crippen LogP contribution < -0.4 is 0 Å². The predicted octanol–water partition coefficient (Wildman–Crippen LogP) is 6.28. The average Bonchev–Trinajstić information content (AvgIpc) is 2.66. The maximum atomic E-state index is 10.8. The summed E-state index contributed by atoms with van der Waals surface area (Å²) < 4.78 is 0. The first-order chi connectivity index (χ1) is 13.9. The van der Waals surface area contributed by atoms with Crippen LogP contribution in [0.25, 0.3) is 17.2 Å². The fourth-order valence-corrected chi connectivity index (χ4v) is 6.86. The van der Waals surface area contributed by atoms with E-state index in [1.807, 2.05) is 24.3 Å². The van der Waals surface area contributed by atoms with Crippen molar-refractivity contribution >= 4 is 23.6 Å². The van der Waals surface area contributed by atoms with Gasteiger partial charge < -0.3 is 10.2 Å². The molecule has 4 bridgehead atoms. The molecule has 4 aliphatic rings. The van der Waals surface area contributed by atoms with E-state index in [9.17, 15) is 9.90 Å². The first-order valence-electron chi connectivity index (χ1n) is 10.5. The summed E-state index contributed by atoms with van der Waals surface area (Å²) in [6.07, 6.45) is 10.4. The summed E-state index contributed by atoms with van der Waals surface area (Å²) in [5.74, 6) is 1.79. The van der Waals surface area contributed by atoms with Gasteiger partial charge in [0.05, 0.1) is 5.02 Å². The molecule has 4 heteroatoms. The number of phenols is 1. The Kier molecular flexibility index (Phi) is 4.47. The standard InChI is InChI=1S/C25H25ClO3/c26-22-11-23(27)21(25-12-16-7-17(13-25)9-18(8-16)14-25)10-20(22)19-4-1-15(2-5-19)3-6-24(28)29/h1-6,10-11,16-18,27H,7-9,12-14H2,(H,28,29). The Morgan fingerprint density at radius 3 is 2.14 bits per heavy atom. The van der Waals surface area contributed by atoms with Crippen LogP contribution in [-0.2, 0) is 10.2 Å². The molecule has 0 saturated heterocycles. The minimum Gasteiger partial charge on any atom is -0.508 e. The highest BCUT2D eigenvalue weighted by Gasteiger charge is 2.52. The van der Waals surface area contributed by atoms with E-state index in [4.69, 9.17) is 16.7 Å². The van der Waals surface area contributed by atoms with E-state index in [0.717, 1.165) is 46.1 Å². The molecular formula is C25H25ClO3. The van der Waals surface area contributed by atoms with E-state index >= 15 is 0 Å². The van der Waals surface area contributed by atoms with E-state index in [2.05, 4.69) is 6.07 Å². The minimum atomic E-state index is -0.962. The highest BCUT2D eigenvalue weighted by molar-refractivity contribution is 6.33. The van der Waals surface area contributed by atoms with Crippen LogP contribution in [0.15, 0.2) is 42.5 Å². The Balaban J connectivity index is 1.52. The number of carboxylic acids is 1. The van der Waals surface area contributed by atoms with Crippen LogP contribution in [0, 0.1) is 17.8 Å². The molecule has 0 aromatic heterocycles. The Morgan fingerprint density at radius 1 is 1.00 bits per heavy atom. The van der Waals surface area contributed by atoms with E-state index in [-0.39, 0.29) is 5.41 Å². The molecule has 0 aliphatic heterocycles. The van der Waals surface area contributed by atoms with Gasteiger partial charge >= 0.3 is 5.97 Å². The number of halogens is 1. The first-order valence-corrected chi connectivity index (χ1v) is 10.8. The van der Waals surface area contributed by atoms with Crippen LogP contribution >= 0.6 is 11.6 Å². The zero-order valence-electron chi connectivity index (χ0n) is 16.3. The highest BCUT2D eigenvalue weighted by atomic mass is 35.5. The molecule has 4 saturated carbocycles. The van der Waals surface area contributed by atoms with Gasteiger partial charge in [0.25, 0.3) is 0 Å². The monoisotopic (exact) mass is 408 g/mol. The maximum absolute atomic E-state index is 10.8. The maximum Gasteiger partial charge on any atom is 0.328 e. The summed E-state index contributed by atoms with van der Waals surface area (Å²) >= 11 is 6.53. The molecule has 0 spiro atoms. The summed E-state index contributed by atoms with van der Waals surface area (Å²) in [5, 5.41) is 20.2.